The van der Waals surface area contributed by atoms with Gasteiger partial charge in [-0.2, -0.15) is 0 Å². The lowest BCUT2D eigenvalue weighted by atomic mass is 10.1. The average Bonchev–Trinajstić information content (AvgIpc) is 2.41. The molecule has 2 aromatic rings. The number of nitrogens with one attached hydrogen (secondary N) is 1. The summed E-state index contributed by atoms with van der Waals surface area (Å²) in [5, 5.41) is 3.41. The zero-order valence-corrected chi connectivity index (χ0v) is 10.8. The van der Waals surface area contributed by atoms with Gasteiger partial charge in [0.25, 0.3) is 0 Å². The van der Waals surface area contributed by atoms with E-state index >= 15 is 0 Å². The molecule has 0 aliphatic carbocycles. The highest BCUT2D eigenvalue weighted by Gasteiger charge is 1.97. The average molecular weight is 242 g/mol. The molecular weight excluding hydrogens is 224 g/mol. The van der Waals surface area contributed by atoms with Crippen molar-refractivity contribution < 1.29 is 4.74 Å². The van der Waals surface area contributed by atoms with Crippen LogP contribution in [-0.2, 0) is 13.1 Å². The molecule has 2 rings (SSSR count). The van der Waals surface area contributed by atoms with Crippen molar-refractivity contribution in [3.05, 3.63) is 59.3 Å². The summed E-state index contributed by atoms with van der Waals surface area (Å²) in [5.41, 5.74) is 3.76. The standard InChI is InChI=1S/C15H18N2O/c1-12-3-5-13(6-4-12)10-16-11-14-7-8-17-15(9-14)18-2/h3-9,16H,10-11H2,1-2H3. The van der Waals surface area contributed by atoms with E-state index in [4.69, 9.17) is 4.74 Å². The minimum absolute atomic E-state index is 0.657. The number of pyridine rings is 1. The van der Waals surface area contributed by atoms with E-state index in [-0.39, 0.29) is 0 Å². The molecular formula is C15H18N2O. The van der Waals surface area contributed by atoms with Crippen LogP contribution in [0, 0.1) is 6.92 Å². The van der Waals surface area contributed by atoms with Crippen molar-refractivity contribution in [2.24, 2.45) is 0 Å². The Labute approximate surface area is 108 Å². The van der Waals surface area contributed by atoms with E-state index in [0.717, 1.165) is 13.1 Å². The number of methoxy groups -OCH3 is 1. The van der Waals surface area contributed by atoms with Gasteiger partial charge in [0.2, 0.25) is 5.88 Å². The van der Waals surface area contributed by atoms with Gasteiger partial charge in [-0.3, -0.25) is 0 Å². The van der Waals surface area contributed by atoms with Crippen molar-refractivity contribution in [1.29, 1.82) is 0 Å². The molecule has 0 saturated carbocycles. The molecule has 1 heterocycles. The summed E-state index contributed by atoms with van der Waals surface area (Å²) in [6, 6.07) is 12.5. The quantitative estimate of drug-likeness (QED) is 0.875. The van der Waals surface area contributed by atoms with Crippen LogP contribution >= 0.6 is 0 Å². The molecule has 3 heteroatoms. The second-order valence-corrected chi connectivity index (χ2v) is 4.30. The Morgan fingerprint density at radius 2 is 1.78 bits per heavy atom. The highest BCUT2D eigenvalue weighted by molar-refractivity contribution is 5.22. The molecule has 3 nitrogen and oxygen atoms in total. The molecule has 0 spiro atoms. The van der Waals surface area contributed by atoms with Gasteiger partial charge >= 0.3 is 0 Å². The van der Waals surface area contributed by atoms with Crippen LogP contribution in [-0.4, -0.2) is 12.1 Å². The van der Waals surface area contributed by atoms with Gasteiger partial charge in [-0.25, -0.2) is 4.98 Å². The SMILES string of the molecule is COc1cc(CNCc2ccc(C)cc2)ccn1. The van der Waals surface area contributed by atoms with Crippen molar-refractivity contribution >= 4 is 0 Å². The van der Waals surface area contributed by atoms with Gasteiger partial charge in [0.05, 0.1) is 7.11 Å². The molecule has 0 radical (unpaired) electrons. The molecule has 1 aromatic heterocycles. The van der Waals surface area contributed by atoms with Crippen molar-refractivity contribution in [3.8, 4) is 5.88 Å². The van der Waals surface area contributed by atoms with Crippen LogP contribution in [0.1, 0.15) is 16.7 Å². The summed E-state index contributed by atoms with van der Waals surface area (Å²) < 4.78 is 5.09. The summed E-state index contributed by atoms with van der Waals surface area (Å²) in [6.07, 6.45) is 1.77. The number of ether oxygens (including phenoxy) is 1. The maximum absolute atomic E-state index is 5.09. The molecule has 0 fully saturated rings. The van der Waals surface area contributed by atoms with E-state index in [0.29, 0.717) is 5.88 Å². The van der Waals surface area contributed by atoms with Crippen LogP contribution < -0.4 is 10.1 Å². The molecule has 0 saturated heterocycles. The fourth-order valence-corrected chi connectivity index (χ4v) is 1.73. The molecule has 0 unspecified atom stereocenters. The fraction of sp³-hybridized carbons (Fsp3) is 0.267. The monoisotopic (exact) mass is 242 g/mol. The number of aryl methyl sites for hydroxylation is 1. The topological polar surface area (TPSA) is 34.1 Å². The summed E-state index contributed by atoms with van der Waals surface area (Å²) in [7, 11) is 1.63. The van der Waals surface area contributed by atoms with E-state index in [2.05, 4.69) is 41.5 Å². The Bertz CT molecular complexity index is 494. The maximum Gasteiger partial charge on any atom is 0.213 e. The smallest absolute Gasteiger partial charge is 0.213 e. The maximum atomic E-state index is 5.09. The van der Waals surface area contributed by atoms with E-state index in [1.807, 2.05) is 12.1 Å². The molecule has 18 heavy (non-hydrogen) atoms. The summed E-state index contributed by atoms with van der Waals surface area (Å²) >= 11 is 0. The first-order valence-corrected chi connectivity index (χ1v) is 6.03. The number of aromatic nitrogens is 1. The lowest BCUT2D eigenvalue weighted by Crippen LogP contribution is -2.12. The Balaban J connectivity index is 1.86. The highest BCUT2D eigenvalue weighted by Crippen LogP contribution is 2.08. The predicted molar refractivity (Wildman–Crippen MR) is 72.5 cm³/mol. The lowest BCUT2D eigenvalue weighted by Gasteiger charge is -2.06. The molecule has 0 aliphatic rings. The van der Waals surface area contributed by atoms with Crippen LogP contribution in [0.4, 0.5) is 0 Å². The minimum atomic E-state index is 0.657. The van der Waals surface area contributed by atoms with E-state index < -0.39 is 0 Å². The largest absolute Gasteiger partial charge is 0.481 e. The molecule has 0 amide bonds. The summed E-state index contributed by atoms with van der Waals surface area (Å²) in [6.45, 7) is 3.78. The third kappa shape index (κ3) is 3.57. The second-order valence-electron chi connectivity index (χ2n) is 4.30. The van der Waals surface area contributed by atoms with Crippen LogP contribution in [0.3, 0.4) is 0 Å². The number of rotatable bonds is 5. The van der Waals surface area contributed by atoms with Crippen molar-refractivity contribution in [3.63, 3.8) is 0 Å². The van der Waals surface area contributed by atoms with Crippen LogP contribution in [0.2, 0.25) is 0 Å². The molecule has 0 atom stereocenters. The lowest BCUT2D eigenvalue weighted by molar-refractivity contribution is 0.397. The third-order valence-corrected chi connectivity index (χ3v) is 2.79. The Kier molecular flexibility index (Phi) is 4.31. The van der Waals surface area contributed by atoms with Crippen LogP contribution in [0.25, 0.3) is 0 Å². The molecule has 1 N–H and O–H groups in total. The second kappa shape index (κ2) is 6.17. The van der Waals surface area contributed by atoms with Gasteiger partial charge in [-0.1, -0.05) is 29.8 Å². The van der Waals surface area contributed by atoms with Crippen molar-refractivity contribution in [1.82, 2.24) is 10.3 Å². The first-order chi connectivity index (χ1) is 8.78. The highest BCUT2D eigenvalue weighted by atomic mass is 16.5. The minimum Gasteiger partial charge on any atom is -0.481 e. The van der Waals surface area contributed by atoms with E-state index in [1.54, 1.807) is 13.3 Å². The van der Waals surface area contributed by atoms with Crippen LogP contribution in [0.5, 0.6) is 5.88 Å². The third-order valence-electron chi connectivity index (χ3n) is 2.79. The van der Waals surface area contributed by atoms with E-state index in [9.17, 15) is 0 Å². The molecule has 0 aliphatic heterocycles. The first kappa shape index (κ1) is 12.6. The van der Waals surface area contributed by atoms with E-state index in [1.165, 1.54) is 16.7 Å². The van der Waals surface area contributed by atoms with Crippen LogP contribution in [0.15, 0.2) is 42.6 Å². The van der Waals surface area contributed by atoms with Gasteiger partial charge in [0.1, 0.15) is 0 Å². The summed E-state index contributed by atoms with van der Waals surface area (Å²) in [5.74, 6) is 0.657. The zero-order valence-electron chi connectivity index (χ0n) is 10.8. The summed E-state index contributed by atoms with van der Waals surface area (Å²) in [4.78, 5) is 4.08. The number of hydrogen-bond acceptors (Lipinski definition) is 3. The van der Waals surface area contributed by atoms with Gasteiger partial charge in [-0.15, -0.1) is 0 Å². The normalized spacial score (nSPS) is 10.3. The van der Waals surface area contributed by atoms with Gasteiger partial charge in [-0.05, 0) is 24.1 Å². The number of nitrogens with zero attached hydrogens (tertiary/aromatic N) is 1. The Morgan fingerprint density at radius 3 is 2.50 bits per heavy atom. The molecule has 94 valence electrons. The van der Waals surface area contributed by atoms with Gasteiger partial charge in [0, 0.05) is 25.4 Å². The van der Waals surface area contributed by atoms with Crippen molar-refractivity contribution in [2.75, 3.05) is 7.11 Å². The number of hydrogen-bond donors (Lipinski definition) is 1. The number of benzene rings is 1. The van der Waals surface area contributed by atoms with Gasteiger partial charge < -0.3 is 10.1 Å². The molecule has 1 aromatic carbocycles. The predicted octanol–water partition coefficient (Wildman–Crippen LogP) is 2.69. The Morgan fingerprint density at radius 1 is 1.06 bits per heavy atom. The van der Waals surface area contributed by atoms with Gasteiger partial charge in [0.15, 0.2) is 0 Å². The zero-order chi connectivity index (χ0) is 12.8. The molecule has 0 bridgehead atoms. The van der Waals surface area contributed by atoms with Crippen molar-refractivity contribution in [2.45, 2.75) is 20.0 Å². The first-order valence-electron chi connectivity index (χ1n) is 6.03. The fourth-order valence-electron chi connectivity index (χ4n) is 1.73. The Hall–Kier alpha value is -1.87.